The Labute approximate surface area is 120 Å². The van der Waals surface area contributed by atoms with Gasteiger partial charge in [0, 0.05) is 5.69 Å². The Balaban J connectivity index is 1.94. The summed E-state index contributed by atoms with van der Waals surface area (Å²) in [5.74, 6) is -0.0870. The predicted molar refractivity (Wildman–Crippen MR) is 81.4 cm³/mol. The Bertz CT molecular complexity index is 819. The lowest BCUT2D eigenvalue weighted by Gasteiger charge is -2.02. The topological polar surface area (TPSA) is 73.1 Å². The van der Waals surface area contributed by atoms with Crippen LogP contribution in [0.3, 0.4) is 0 Å². The van der Waals surface area contributed by atoms with Crippen molar-refractivity contribution < 1.29 is 8.42 Å². The van der Waals surface area contributed by atoms with Gasteiger partial charge < -0.3 is 5.73 Å². The SMILES string of the molecule is Nc1ccc(S(=O)(=O)Cc2nc3ccccc3s2)cc1. The normalized spacial score (nSPS) is 11.8. The Morgan fingerprint density at radius 3 is 2.45 bits per heavy atom. The number of sulfone groups is 1. The van der Waals surface area contributed by atoms with Gasteiger partial charge in [-0.05, 0) is 36.4 Å². The molecule has 6 heteroatoms. The smallest absolute Gasteiger partial charge is 0.184 e. The number of para-hydroxylation sites is 1. The highest BCUT2D eigenvalue weighted by Gasteiger charge is 2.17. The largest absolute Gasteiger partial charge is 0.399 e. The third kappa shape index (κ3) is 2.52. The molecule has 0 saturated heterocycles. The van der Waals surface area contributed by atoms with Gasteiger partial charge in [0.1, 0.15) is 10.8 Å². The van der Waals surface area contributed by atoms with Crippen LogP contribution < -0.4 is 5.73 Å². The predicted octanol–water partition coefficient (Wildman–Crippen LogP) is 2.85. The highest BCUT2D eigenvalue weighted by atomic mass is 32.2. The number of hydrogen-bond acceptors (Lipinski definition) is 5. The van der Waals surface area contributed by atoms with E-state index < -0.39 is 9.84 Å². The minimum Gasteiger partial charge on any atom is -0.399 e. The second-order valence-corrected chi connectivity index (χ2v) is 7.51. The second kappa shape index (κ2) is 4.88. The summed E-state index contributed by atoms with van der Waals surface area (Å²) in [7, 11) is -3.39. The minimum atomic E-state index is -3.39. The molecule has 0 saturated carbocycles. The van der Waals surface area contributed by atoms with Crippen LogP contribution in [-0.4, -0.2) is 13.4 Å². The third-order valence-electron chi connectivity index (χ3n) is 2.89. The number of fused-ring (bicyclic) bond motifs is 1. The van der Waals surface area contributed by atoms with Crippen molar-refractivity contribution in [1.82, 2.24) is 4.98 Å². The molecule has 3 aromatic rings. The van der Waals surface area contributed by atoms with Gasteiger partial charge in [-0.2, -0.15) is 0 Å². The van der Waals surface area contributed by atoms with Crippen molar-refractivity contribution in [2.75, 3.05) is 5.73 Å². The molecule has 0 atom stereocenters. The fraction of sp³-hybridized carbons (Fsp3) is 0.0714. The maximum atomic E-state index is 12.3. The molecule has 2 N–H and O–H groups in total. The number of rotatable bonds is 3. The van der Waals surface area contributed by atoms with Gasteiger partial charge in [-0.15, -0.1) is 11.3 Å². The molecule has 1 aromatic heterocycles. The molecule has 0 aliphatic heterocycles. The van der Waals surface area contributed by atoms with Crippen LogP contribution in [0.15, 0.2) is 53.4 Å². The average molecular weight is 304 g/mol. The molecule has 0 spiro atoms. The van der Waals surface area contributed by atoms with E-state index in [1.165, 1.54) is 23.5 Å². The molecule has 1 heterocycles. The van der Waals surface area contributed by atoms with Crippen LogP contribution in [0.5, 0.6) is 0 Å². The molecule has 0 unspecified atom stereocenters. The van der Waals surface area contributed by atoms with E-state index in [0.717, 1.165) is 10.2 Å². The van der Waals surface area contributed by atoms with E-state index in [0.29, 0.717) is 10.7 Å². The lowest BCUT2D eigenvalue weighted by atomic mass is 10.3. The Morgan fingerprint density at radius 1 is 1.05 bits per heavy atom. The summed E-state index contributed by atoms with van der Waals surface area (Å²) < 4.78 is 25.6. The molecule has 0 radical (unpaired) electrons. The Kier molecular flexibility index (Phi) is 3.19. The van der Waals surface area contributed by atoms with Crippen molar-refractivity contribution in [2.24, 2.45) is 0 Å². The lowest BCUT2D eigenvalue weighted by molar-refractivity contribution is 0.595. The first-order valence-electron chi connectivity index (χ1n) is 5.97. The second-order valence-electron chi connectivity index (χ2n) is 4.40. The van der Waals surface area contributed by atoms with Crippen LogP contribution in [-0.2, 0) is 15.6 Å². The first-order chi connectivity index (χ1) is 9.54. The summed E-state index contributed by atoms with van der Waals surface area (Å²) in [6.45, 7) is 0. The molecule has 0 fully saturated rings. The molecule has 102 valence electrons. The highest BCUT2D eigenvalue weighted by Crippen LogP contribution is 2.25. The molecule has 3 rings (SSSR count). The summed E-state index contributed by atoms with van der Waals surface area (Å²) >= 11 is 1.41. The first-order valence-corrected chi connectivity index (χ1v) is 8.44. The van der Waals surface area contributed by atoms with Crippen molar-refractivity contribution >= 4 is 37.1 Å². The molecule has 0 aliphatic rings. The summed E-state index contributed by atoms with van der Waals surface area (Å²) in [6, 6.07) is 13.9. The quantitative estimate of drug-likeness (QED) is 0.755. The fourth-order valence-corrected chi connectivity index (χ4v) is 4.47. The average Bonchev–Trinajstić information content (AvgIpc) is 2.80. The van der Waals surface area contributed by atoms with Crippen LogP contribution in [0.2, 0.25) is 0 Å². The van der Waals surface area contributed by atoms with Gasteiger partial charge in [0.2, 0.25) is 0 Å². The number of benzene rings is 2. The van der Waals surface area contributed by atoms with E-state index in [4.69, 9.17) is 5.73 Å². The van der Waals surface area contributed by atoms with Gasteiger partial charge in [-0.25, -0.2) is 13.4 Å². The van der Waals surface area contributed by atoms with Gasteiger partial charge in [-0.1, -0.05) is 12.1 Å². The van der Waals surface area contributed by atoms with E-state index in [9.17, 15) is 8.42 Å². The number of hydrogen-bond donors (Lipinski definition) is 1. The zero-order chi connectivity index (χ0) is 14.2. The third-order valence-corrected chi connectivity index (χ3v) is 5.75. The molecular formula is C14H12N2O2S2. The maximum Gasteiger partial charge on any atom is 0.184 e. The summed E-state index contributed by atoms with van der Waals surface area (Å²) in [5.41, 5.74) is 6.95. The van der Waals surface area contributed by atoms with Gasteiger partial charge in [0.15, 0.2) is 9.84 Å². The van der Waals surface area contributed by atoms with Crippen molar-refractivity contribution in [1.29, 1.82) is 0 Å². The van der Waals surface area contributed by atoms with Crippen LogP contribution in [0.25, 0.3) is 10.2 Å². The van der Waals surface area contributed by atoms with E-state index in [1.54, 1.807) is 12.1 Å². The van der Waals surface area contributed by atoms with E-state index >= 15 is 0 Å². The molecule has 0 amide bonds. The van der Waals surface area contributed by atoms with E-state index in [2.05, 4.69) is 4.98 Å². The molecule has 4 nitrogen and oxygen atoms in total. The lowest BCUT2D eigenvalue weighted by Crippen LogP contribution is -2.04. The summed E-state index contributed by atoms with van der Waals surface area (Å²) in [6.07, 6.45) is 0. The zero-order valence-corrected chi connectivity index (χ0v) is 12.1. The molecule has 0 aliphatic carbocycles. The number of nitrogens with zero attached hydrogens (tertiary/aromatic N) is 1. The zero-order valence-electron chi connectivity index (χ0n) is 10.5. The standard InChI is InChI=1S/C14H12N2O2S2/c15-10-5-7-11(8-6-10)20(17,18)9-14-16-12-3-1-2-4-13(12)19-14/h1-8H,9,15H2. The Hall–Kier alpha value is -1.92. The van der Waals surface area contributed by atoms with Crippen LogP contribution in [0.1, 0.15) is 5.01 Å². The number of aromatic nitrogens is 1. The number of nitrogens with two attached hydrogens (primary N) is 1. The molecular weight excluding hydrogens is 292 g/mol. The number of nitrogen functional groups attached to an aromatic ring is 1. The number of anilines is 1. The van der Waals surface area contributed by atoms with E-state index in [1.807, 2.05) is 24.3 Å². The van der Waals surface area contributed by atoms with Crippen molar-refractivity contribution in [3.05, 3.63) is 53.5 Å². The molecule has 2 aromatic carbocycles. The minimum absolute atomic E-state index is 0.0870. The fourth-order valence-electron chi connectivity index (χ4n) is 1.90. The number of thiazole rings is 1. The van der Waals surface area contributed by atoms with Gasteiger partial charge in [0.25, 0.3) is 0 Å². The molecule has 20 heavy (non-hydrogen) atoms. The molecule has 0 bridgehead atoms. The van der Waals surface area contributed by atoms with Gasteiger partial charge >= 0.3 is 0 Å². The van der Waals surface area contributed by atoms with Gasteiger partial charge in [-0.3, -0.25) is 0 Å². The monoisotopic (exact) mass is 304 g/mol. The summed E-state index contributed by atoms with van der Waals surface area (Å²) in [5, 5.41) is 0.600. The van der Waals surface area contributed by atoms with Crippen LogP contribution in [0, 0.1) is 0 Å². The van der Waals surface area contributed by atoms with Crippen molar-refractivity contribution in [3.63, 3.8) is 0 Å². The van der Waals surface area contributed by atoms with Crippen molar-refractivity contribution in [2.45, 2.75) is 10.6 Å². The van der Waals surface area contributed by atoms with E-state index in [-0.39, 0.29) is 10.6 Å². The summed E-state index contributed by atoms with van der Waals surface area (Å²) in [4.78, 5) is 4.63. The first kappa shape index (κ1) is 13.1. The Morgan fingerprint density at radius 2 is 1.75 bits per heavy atom. The van der Waals surface area contributed by atoms with Crippen LogP contribution in [0.4, 0.5) is 5.69 Å². The maximum absolute atomic E-state index is 12.3. The van der Waals surface area contributed by atoms with Gasteiger partial charge in [0.05, 0.1) is 15.1 Å². The highest BCUT2D eigenvalue weighted by molar-refractivity contribution is 7.90. The van der Waals surface area contributed by atoms with Crippen LogP contribution >= 0.6 is 11.3 Å². The van der Waals surface area contributed by atoms with Crippen molar-refractivity contribution in [3.8, 4) is 0 Å².